The van der Waals surface area contributed by atoms with Crippen LogP contribution in [0.15, 0.2) is 53.3 Å². The van der Waals surface area contributed by atoms with E-state index in [-0.39, 0.29) is 22.1 Å². The van der Waals surface area contributed by atoms with Crippen LogP contribution in [-0.4, -0.2) is 33.8 Å². The van der Waals surface area contributed by atoms with Gasteiger partial charge in [0, 0.05) is 28.2 Å². The number of esters is 1. The molecule has 0 bridgehead atoms. The summed E-state index contributed by atoms with van der Waals surface area (Å²) >= 11 is 6.98. The van der Waals surface area contributed by atoms with Gasteiger partial charge in [-0.25, -0.2) is 14.2 Å². The van der Waals surface area contributed by atoms with Crippen molar-refractivity contribution in [3.8, 4) is 0 Å². The Labute approximate surface area is 227 Å². The van der Waals surface area contributed by atoms with Gasteiger partial charge in [-0.1, -0.05) is 36.3 Å². The molecule has 2 aromatic carbocycles. The zero-order valence-electron chi connectivity index (χ0n) is 21.0. The zero-order valence-corrected chi connectivity index (χ0v) is 22.5. The molecule has 2 heterocycles. The molecule has 4 rings (SSSR count). The fourth-order valence-electron chi connectivity index (χ4n) is 3.81. The second-order valence-electron chi connectivity index (χ2n) is 8.40. The van der Waals surface area contributed by atoms with E-state index in [1.165, 1.54) is 18.2 Å². The second-order valence-corrected chi connectivity index (χ2v) is 9.81. The van der Waals surface area contributed by atoms with Gasteiger partial charge in [0.1, 0.15) is 10.6 Å². The van der Waals surface area contributed by atoms with E-state index in [4.69, 9.17) is 16.3 Å². The van der Waals surface area contributed by atoms with Crippen LogP contribution in [0.1, 0.15) is 62.0 Å². The summed E-state index contributed by atoms with van der Waals surface area (Å²) in [5, 5.41) is 6.03. The van der Waals surface area contributed by atoms with Crippen LogP contribution in [0.4, 0.5) is 11.4 Å². The van der Waals surface area contributed by atoms with Crippen molar-refractivity contribution in [2.24, 2.45) is 0 Å². The summed E-state index contributed by atoms with van der Waals surface area (Å²) in [7, 11) is 0. The Balaban J connectivity index is 1.73. The molecule has 2 amide bonds. The van der Waals surface area contributed by atoms with Gasteiger partial charge in [-0.2, -0.15) is 0 Å². The number of carbonyl (C=O) groups excluding carboxylic acids is 3. The summed E-state index contributed by atoms with van der Waals surface area (Å²) < 4.78 is 6.14. The molecule has 0 saturated heterocycles. The van der Waals surface area contributed by atoms with Crippen molar-refractivity contribution in [1.82, 2.24) is 9.38 Å². The van der Waals surface area contributed by atoms with Crippen molar-refractivity contribution < 1.29 is 19.1 Å². The molecule has 4 aromatic rings. The van der Waals surface area contributed by atoms with Crippen molar-refractivity contribution in [3.63, 3.8) is 0 Å². The maximum atomic E-state index is 13.5. The van der Waals surface area contributed by atoms with E-state index in [2.05, 4.69) is 15.6 Å². The number of nitrogens with zero attached hydrogens (tertiary/aromatic N) is 2. The molecule has 196 valence electrons. The molecule has 0 aliphatic carbocycles. The summed E-state index contributed by atoms with van der Waals surface area (Å²) in [5.41, 5.74) is 1.94. The number of aromatic nitrogens is 2. The first-order valence-corrected chi connectivity index (χ1v) is 13.1. The van der Waals surface area contributed by atoms with E-state index in [0.717, 1.165) is 22.2 Å². The number of amides is 2. The number of thiazole rings is 1. The number of anilines is 2. The van der Waals surface area contributed by atoms with E-state index in [1.807, 2.05) is 6.92 Å². The maximum absolute atomic E-state index is 13.5. The molecule has 0 aliphatic heterocycles. The number of carbonyl (C=O) groups is 3. The molecule has 0 fully saturated rings. The van der Waals surface area contributed by atoms with E-state index in [0.29, 0.717) is 39.6 Å². The average Bonchev–Trinajstić information content (AvgIpc) is 3.27. The van der Waals surface area contributed by atoms with Crippen molar-refractivity contribution in [3.05, 3.63) is 91.3 Å². The normalized spacial score (nSPS) is 10.8. The molecular weight excluding hydrogens is 528 g/mol. The molecule has 2 aromatic heterocycles. The summed E-state index contributed by atoms with van der Waals surface area (Å²) in [6.45, 7) is 5.71. The first-order chi connectivity index (χ1) is 18.2. The van der Waals surface area contributed by atoms with Crippen LogP contribution in [0.3, 0.4) is 0 Å². The van der Waals surface area contributed by atoms with Crippen LogP contribution < -0.4 is 16.2 Å². The third-order valence-corrected chi connectivity index (χ3v) is 6.87. The highest BCUT2D eigenvalue weighted by Gasteiger charge is 2.27. The van der Waals surface area contributed by atoms with Crippen LogP contribution in [-0.2, 0) is 11.2 Å². The minimum atomic E-state index is -0.642. The van der Waals surface area contributed by atoms with Gasteiger partial charge in [0.25, 0.3) is 17.4 Å². The molecule has 11 heteroatoms. The Hall–Kier alpha value is -4.02. The molecule has 9 nitrogen and oxygen atoms in total. The minimum Gasteiger partial charge on any atom is -0.462 e. The number of nitrogens with one attached hydrogen (secondary N) is 2. The van der Waals surface area contributed by atoms with E-state index < -0.39 is 23.3 Å². The molecule has 0 saturated carbocycles. The number of aryl methyl sites for hydroxylation is 2. The summed E-state index contributed by atoms with van der Waals surface area (Å²) in [4.78, 5) is 56.6. The summed E-state index contributed by atoms with van der Waals surface area (Å²) in [6.07, 6.45) is 1.37. The lowest BCUT2D eigenvalue weighted by Gasteiger charge is -2.10. The van der Waals surface area contributed by atoms with Crippen molar-refractivity contribution in [2.45, 2.75) is 33.6 Å². The Kier molecular flexibility index (Phi) is 8.23. The first-order valence-electron chi connectivity index (χ1n) is 11.9. The quantitative estimate of drug-likeness (QED) is 0.284. The van der Waals surface area contributed by atoms with Gasteiger partial charge in [0.2, 0.25) is 0 Å². The zero-order chi connectivity index (χ0) is 27.4. The number of halogens is 1. The smallest absolute Gasteiger partial charge is 0.338 e. The lowest BCUT2D eigenvalue weighted by molar-refractivity contribution is 0.0526. The highest BCUT2D eigenvalue weighted by molar-refractivity contribution is 7.19. The maximum Gasteiger partial charge on any atom is 0.338 e. The largest absolute Gasteiger partial charge is 0.462 e. The SMILES string of the molecule is CCCc1cc(=O)n2c(C(=O)Nc3ccc(Cl)cc3C)c(C(=O)Nc3ccc(C(=O)OCC)cc3)sc2n1. The van der Waals surface area contributed by atoms with Gasteiger partial charge in [0.15, 0.2) is 4.96 Å². The van der Waals surface area contributed by atoms with Crippen LogP contribution >= 0.6 is 22.9 Å². The van der Waals surface area contributed by atoms with Gasteiger partial charge in [-0.15, -0.1) is 0 Å². The van der Waals surface area contributed by atoms with Crippen LogP contribution in [0.2, 0.25) is 5.02 Å². The van der Waals surface area contributed by atoms with Crippen LogP contribution in [0, 0.1) is 6.92 Å². The van der Waals surface area contributed by atoms with Gasteiger partial charge >= 0.3 is 5.97 Å². The van der Waals surface area contributed by atoms with Gasteiger partial charge < -0.3 is 15.4 Å². The number of hydrogen-bond donors (Lipinski definition) is 2. The predicted octanol–water partition coefficient (Wildman–Crippen LogP) is 5.35. The molecular formula is C27H25ClN4O5S. The van der Waals surface area contributed by atoms with Crippen molar-refractivity contribution >= 4 is 57.1 Å². The predicted molar refractivity (Wildman–Crippen MR) is 148 cm³/mol. The molecule has 0 unspecified atom stereocenters. The second kappa shape index (κ2) is 11.6. The van der Waals surface area contributed by atoms with E-state index in [9.17, 15) is 19.2 Å². The summed E-state index contributed by atoms with van der Waals surface area (Å²) in [5.74, 6) is -1.71. The standard InChI is InChI=1S/C27H25ClN4O5S/c1-4-6-19-14-21(33)32-22(24(34)31-20-12-9-17(28)13-15(20)3)23(38-27(32)30-19)25(35)29-18-10-7-16(8-11-18)26(36)37-5-2/h7-14H,4-6H2,1-3H3,(H,29,35)(H,31,34). The Morgan fingerprint density at radius 3 is 2.42 bits per heavy atom. The number of benzene rings is 2. The molecule has 38 heavy (non-hydrogen) atoms. The highest BCUT2D eigenvalue weighted by Crippen LogP contribution is 2.26. The lowest BCUT2D eigenvalue weighted by atomic mass is 10.2. The van der Waals surface area contributed by atoms with Gasteiger partial charge in [0.05, 0.1) is 12.2 Å². The first kappa shape index (κ1) is 27.0. The number of fused-ring (bicyclic) bond motifs is 1. The number of ether oxygens (including phenoxy) is 1. The average molecular weight is 553 g/mol. The molecule has 0 radical (unpaired) electrons. The molecule has 0 aliphatic rings. The monoisotopic (exact) mass is 552 g/mol. The van der Waals surface area contributed by atoms with Gasteiger partial charge in [-0.05, 0) is 68.3 Å². The van der Waals surface area contributed by atoms with Crippen molar-refractivity contribution in [1.29, 1.82) is 0 Å². The number of rotatable bonds is 8. The molecule has 2 N–H and O–H groups in total. The van der Waals surface area contributed by atoms with E-state index >= 15 is 0 Å². The van der Waals surface area contributed by atoms with Crippen molar-refractivity contribution in [2.75, 3.05) is 17.2 Å². The van der Waals surface area contributed by atoms with Gasteiger partial charge in [-0.3, -0.25) is 14.4 Å². The van der Waals surface area contributed by atoms with Crippen LogP contribution in [0.5, 0.6) is 0 Å². The molecule has 0 spiro atoms. The Morgan fingerprint density at radius 1 is 1.03 bits per heavy atom. The summed E-state index contributed by atoms with van der Waals surface area (Å²) in [6, 6.07) is 12.5. The van der Waals surface area contributed by atoms with Crippen LogP contribution in [0.25, 0.3) is 4.96 Å². The fourth-order valence-corrected chi connectivity index (χ4v) is 5.07. The lowest BCUT2D eigenvalue weighted by Crippen LogP contribution is -2.25. The fraction of sp³-hybridized carbons (Fsp3) is 0.222. The Morgan fingerprint density at radius 2 is 1.76 bits per heavy atom. The third kappa shape index (κ3) is 5.76. The topological polar surface area (TPSA) is 119 Å². The Bertz CT molecular complexity index is 1590. The number of hydrogen-bond acceptors (Lipinski definition) is 7. The van der Waals surface area contributed by atoms with E-state index in [1.54, 1.807) is 44.2 Å². The highest BCUT2D eigenvalue weighted by atomic mass is 35.5. The third-order valence-electron chi connectivity index (χ3n) is 5.59. The molecule has 0 atom stereocenters. The minimum absolute atomic E-state index is 0.0156.